The summed E-state index contributed by atoms with van der Waals surface area (Å²) in [6.45, 7) is 5.61. The van der Waals surface area contributed by atoms with E-state index in [0.29, 0.717) is 5.56 Å². The highest BCUT2D eigenvalue weighted by Gasteiger charge is 2.31. The highest BCUT2D eigenvalue weighted by atomic mass is 32.2. The molecule has 0 aromatic heterocycles. The summed E-state index contributed by atoms with van der Waals surface area (Å²) in [6.07, 6.45) is 0. The fourth-order valence-electron chi connectivity index (χ4n) is 2.81. The molecule has 0 fully saturated rings. The van der Waals surface area contributed by atoms with Crippen molar-refractivity contribution in [3.8, 4) is 0 Å². The fourth-order valence-corrected chi connectivity index (χ4v) is 5.43. The summed E-state index contributed by atoms with van der Waals surface area (Å²) in [5, 5.41) is 0. The van der Waals surface area contributed by atoms with Crippen LogP contribution in [0.4, 0.5) is 0 Å². The van der Waals surface area contributed by atoms with Gasteiger partial charge in [0.2, 0.25) is 19.9 Å². The van der Waals surface area contributed by atoms with E-state index >= 15 is 0 Å². The summed E-state index contributed by atoms with van der Waals surface area (Å²) in [5.74, 6) is 0. The smallest absolute Gasteiger partial charge is 0.219 e. The molecule has 1 N–H and O–H groups in total. The van der Waals surface area contributed by atoms with Crippen LogP contribution >= 0.6 is 0 Å². The maximum Gasteiger partial charge on any atom is 0.241 e. The number of sulfonamides is 1. The molecule has 0 aliphatic heterocycles. The van der Waals surface area contributed by atoms with E-state index in [4.69, 9.17) is 0 Å². The zero-order valence-corrected chi connectivity index (χ0v) is 17.4. The van der Waals surface area contributed by atoms with E-state index in [1.807, 2.05) is 6.92 Å². The second-order valence-corrected chi connectivity index (χ2v) is 10.3. The first-order chi connectivity index (χ1) is 13.7. The van der Waals surface area contributed by atoms with Gasteiger partial charge in [0.05, 0.1) is 20.7 Å². The van der Waals surface area contributed by atoms with Gasteiger partial charge in [0.25, 0.3) is 0 Å². The van der Waals surface area contributed by atoms with Gasteiger partial charge in [0.15, 0.2) is 0 Å². The third-order valence-electron chi connectivity index (χ3n) is 4.46. The summed E-state index contributed by atoms with van der Waals surface area (Å²) in [5.41, 5.74) is 1.40. The maximum atomic E-state index is 13.1. The van der Waals surface area contributed by atoms with Crippen molar-refractivity contribution in [1.29, 1.82) is 0 Å². The number of rotatable bonds is 7. The van der Waals surface area contributed by atoms with Crippen LogP contribution < -0.4 is 4.72 Å². The summed E-state index contributed by atoms with van der Waals surface area (Å²) >= 11 is 0. The molecule has 0 radical (unpaired) electrons. The Hall–Kier alpha value is -2.74. The summed E-state index contributed by atoms with van der Waals surface area (Å²) in [4.78, 5) is -0.139. The second-order valence-electron chi connectivity index (χ2n) is 6.56. The standard InChI is InChI=1S/C22H21NO4S2/c1-17-13-15-21(16-14-17)29(26,27)23-22(19-9-5-3-6-10-19)18(2)28(24,25)20-11-7-4-8-12-20/h3-16,22-23H,2H2,1H3. The number of aryl methyl sites for hydroxylation is 1. The quantitative estimate of drug-likeness (QED) is 0.618. The molecule has 0 amide bonds. The van der Waals surface area contributed by atoms with E-state index in [2.05, 4.69) is 11.3 Å². The first-order valence-corrected chi connectivity index (χ1v) is 11.8. The van der Waals surface area contributed by atoms with E-state index < -0.39 is 25.9 Å². The Morgan fingerprint density at radius 2 is 1.28 bits per heavy atom. The third-order valence-corrected chi connectivity index (χ3v) is 7.72. The molecule has 1 atom stereocenters. The van der Waals surface area contributed by atoms with E-state index in [1.54, 1.807) is 60.7 Å². The van der Waals surface area contributed by atoms with Crippen LogP contribution in [0.5, 0.6) is 0 Å². The zero-order chi connectivity index (χ0) is 21.1. The normalized spacial score (nSPS) is 13.0. The largest absolute Gasteiger partial charge is 0.241 e. The highest BCUT2D eigenvalue weighted by Crippen LogP contribution is 2.31. The molecule has 3 aromatic carbocycles. The lowest BCUT2D eigenvalue weighted by molar-refractivity contribution is 0.570. The molecule has 3 aromatic rings. The number of hydrogen-bond donors (Lipinski definition) is 1. The van der Waals surface area contributed by atoms with E-state index in [0.717, 1.165) is 5.56 Å². The van der Waals surface area contributed by atoms with Gasteiger partial charge in [0.1, 0.15) is 0 Å². The molecule has 1 unspecified atom stereocenters. The van der Waals surface area contributed by atoms with E-state index in [1.165, 1.54) is 24.3 Å². The van der Waals surface area contributed by atoms with Gasteiger partial charge >= 0.3 is 0 Å². The van der Waals surface area contributed by atoms with Gasteiger partial charge in [-0.2, -0.15) is 4.72 Å². The zero-order valence-electron chi connectivity index (χ0n) is 15.8. The van der Waals surface area contributed by atoms with Gasteiger partial charge in [-0.25, -0.2) is 16.8 Å². The van der Waals surface area contributed by atoms with Crippen molar-refractivity contribution in [3.05, 3.63) is 108 Å². The molecule has 0 aliphatic carbocycles. The number of benzene rings is 3. The average molecular weight is 428 g/mol. The van der Waals surface area contributed by atoms with Gasteiger partial charge in [-0.3, -0.25) is 0 Å². The van der Waals surface area contributed by atoms with E-state index in [-0.39, 0.29) is 14.7 Å². The van der Waals surface area contributed by atoms with E-state index in [9.17, 15) is 16.8 Å². The second kappa shape index (κ2) is 8.32. The molecule has 0 spiro atoms. The van der Waals surface area contributed by atoms with Gasteiger partial charge in [0, 0.05) is 0 Å². The van der Waals surface area contributed by atoms with Crippen LogP contribution in [0.2, 0.25) is 0 Å². The predicted octanol–water partition coefficient (Wildman–Crippen LogP) is 4.00. The lowest BCUT2D eigenvalue weighted by Crippen LogP contribution is -2.31. The molecule has 3 rings (SSSR count). The summed E-state index contributed by atoms with van der Waals surface area (Å²) < 4.78 is 54.6. The Morgan fingerprint density at radius 3 is 1.83 bits per heavy atom. The Kier molecular flexibility index (Phi) is 6.02. The molecule has 0 saturated carbocycles. The average Bonchev–Trinajstić information content (AvgIpc) is 2.73. The van der Waals surface area contributed by atoms with Crippen molar-refractivity contribution >= 4 is 19.9 Å². The van der Waals surface area contributed by atoms with Gasteiger partial charge in [-0.05, 0) is 36.8 Å². The van der Waals surface area contributed by atoms with Crippen LogP contribution in [-0.4, -0.2) is 16.8 Å². The fraction of sp³-hybridized carbons (Fsp3) is 0.0909. The Bertz CT molecular complexity index is 1200. The molecule has 5 nitrogen and oxygen atoms in total. The van der Waals surface area contributed by atoms with Crippen LogP contribution in [0.15, 0.2) is 106 Å². The first kappa shape index (κ1) is 21.0. The van der Waals surface area contributed by atoms with Crippen molar-refractivity contribution in [1.82, 2.24) is 4.72 Å². The minimum atomic E-state index is -3.99. The molecule has 0 saturated heterocycles. The van der Waals surface area contributed by atoms with Crippen LogP contribution in [0.25, 0.3) is 0 Å². The van der Waals surface area contributed by atoms with Crippen LogP contribution in [0, 0.1) is 6.92 Å². The lowest BCUT2D eigenvalue weighted by atomic mass is 10.1. The maximum absolute atomic E-state index is 13.1. The first-order valence-electron chi connectivity index (χ1n) is 8.85. The molecule has 0 heterocycles. The molecular formula is C22H21NO4S2. The van der Waals surface area contributed by atoms with Crippen LogP contribution in [-0.2, 0) is 19.9 Å². The Balaban J connectivity index is 2.04. The summed E-state index contributed by atoms with van der Waals surface area (Å²) in [6, 6.07) is 21.5. The minimum Gasteiger partial charge on any atom is -0.219 e. The number of sulfone groups is 1. The van der Waals surface area contributed by atoms with Crippen molar-refractivity contribution < 1.29 is 16.8 Å². The Labute approximate surface area is 171 Å². The molecule has 7 heteroatoms. The third kappa shape index (κ3) is 4.64. The minimum absolute atomic E-state index is 0.0499. The van der Waals surface area contributed by atoms with Crippen LogP contribution in [0.3, 0.4) is 0 Å². The molecule has 0 aliphatic rings. The van der Waals surface area contributed by atoms with Crippen molar-refractivity contribution in [3.63, 3.8) is 0 Å². The van der Waals surface area contributed by atoms with Crippen molar-refractivity contribution in [2.45, 2.75) is 22.8 Å². The lowest BCUT2D eigenvalue weighted by Gasteiger charge is -2.22. The molecule has 0 bridgehead atoms. The summed E-state index contributed by atoms with van der Waals surface area (Å²) in [7, 11) is -7.96. The Morgan fingerprint density at radius 1 is 0.759 bits per heavy atom. The predicted molar refractivity (Wildman–Crippen MR) is 113 cm³/mol. The number of nitrogens with one attached hydrogen (secondary N) is 1. The molecule has 150 valence electrons. The van der Waals surface area contributed by atoms with Crippen molar-refractivity contribution in [2.24, 2.45) is 0 Å². The van der Waals surface area contributed by atoms with Crippen molar-refractivity contribution in [2.75, 3.05) is 0 Å². The van der Waals surface area contributed by atoms with Gasteiger partial charge in [-0.1, -0.05) is 72.8 Å². The highest BCUT2D eigenvalue weighted by molar-refractivity contribution is 7.95. The number of hydrogen-bond acceptors (Lipinski definition) is 4. The SMILES string of the molecule is C=C(C(NS(=O)(=O)c1ccc(C)cc1)c1ccccc1)S(=O)(=O)c1ccccc1. The van der Waals surface area contributed by atoms with Crippen LogP contribution in [0.1, 0.15) is 17.2 Å². The molecular weight excluding hydrogens is 406 g/mol. The van der Waals surface area contributed by atoms with Gasteiger partial charge in [-0.15, -0.1) is 0 Å². The topological polar surface area (TPSA) is 80.3 Å². The monoisotopic (exact) mass is 427 g/mol. The molecule has 29 heavy (non-hydrogen) atoms. The van der Waals surface area contributed by atoms with Gasteiger partial charge < -0.3 is 0 Å².